The molecule has 2 aromatic carbocycles. The Balaban J connectivity index is 1.80. The van der Waals surface area contributed by atoms with Crippen LogP contribution in [0.5, 0.6) is 5.75 Å². The maximum absolute atomic E-state index is 11.7. The maximum Gasteiger partial charge on any atom is 0.338 e. The van der Waals surface area contributed by atoms with E-state index in [2.05, 4.69) is 4.98 Å². The number of hydrogen-bond donors (Lipinski definition) is 0. The van der Waals surface area contributed by atoms with E-state index < -0.39 is 0 Å². The van der Waals surface area contributed by atoms with E-state index in [-0.39, 0.29) is 5.97 Å². The molecule has 0 bridgehead atoms. The predicted molar refractivity (Wildman–Crippen MR) is 95.5 cm³/mol. The van der Waals surface area contributed by atoms with Crippen molar-refractivity contribution in [3.05, 3.63) is 60.3 Å². The molecule has 24 heavy (non-hydrogen) atoms. The average Bonchev–Trinajstić information content (AvgIpc) is 3.12. The predicted octanol–water partition coefficient (Wildman–Crippen LogP) is 4.66. The van der Waals surface area contributed by atoms with E-state index in [1.807, 2.05) is 42.6 Å². The van der Waals surface area contributed by atoms with Gasteiger partial charge in [-0.25, -0.2) is 9.78 Å². The van der Waals surface area contributed by atoms with Crippen molar-refractivity contribution < 1.29 is 14.3 Å². The van der Waals surface area contributed by atoms with Crippen LogP contribution in [-0.4, -0.2) is 24.7 Å². The number of carbonyl (C=O) groups is 1. The van der Waals surface area contributed by atoms with Crippen molar-refractivity contribution in [2.75, 3.05) is 13.7 Å². The fourth-order valence-electron chi connectivity index (χ4n) is 2.26. The molecule has 0 saturated heterocycles. The van der Waals surface area contributed by atoms with Crippen LogP contribution >= 0.6 is 11.3 Å². The van der Waals surface area contributed by atoms with Gasteiger partial charge < -0.3 is 9.47 Å². The van der Waals surface area contributed by atoms with Crippen molar-refractivity contribution >= 4 is 17.3 Å². The molecule has 122 valence electrons. The molecular formula is C19H17NO3S. The van der Waals surface area contributed by atoms with Crippen LogP contribution in [0.25, 0.3) is 21.0 Å². The topological polar surface area (TPSA) is 48.4 Å². The Bertz CT molecular complexity index is 823. The van der Waals surface area contributed by atoms with Crippen LogP contribution in [0.15, 0.2) is 54.7 Å². The molecule has 0 atom stereocenters. The minimum atomic E-state index is -0.299. The molecular weight excluding hydrogens is 322 g/mol. The van der Waals surface area contributed by atoms with Crippen molar-refractivity contribution in [3.8, 4) is 26.8 Å². The van der Waals surface area contributed by atoms with Gasteiger partial charge in [0.2, 0.25) is 0 Å². The first-order valence-corrected chi connectivity index (χ1v) is 8.40. The van der Waals surface area contributed by atoms with Gasteiger partial charge in [0.15, 0.2) is 0 Å². The summed E-state index contributed by atoms with van der Waals surface area (Å²) < 4.78 is 10.2. The molecule has 0 radical (unpaired) electrons. The number of aromatic nitrogens is 1. The summed E-state index contributed by atoms with van der Waals surface area (Å²) >= 11 is 1.61. The standard InChI is InChI=1S/C19H17NO3S/c1-3-23-19(21)15-6-4-13(5-7-15)17-12-20-18(24-17)14-8-10-16(22-2)11-9-14/h4-12H,3H2,1-2H3. The van der Waals surface area contributed by atoms with Crippen LogP contribution in [0.1, 0.15) is 17.3 Å². The third kappa shape index (κ3) is 3.46. The number of hydrogen-bond acceptors (Lipinski definition) is 5. The SMILES string of the molecule is CCOC(=O)c1ccc(-c2cnc(-c3ccc(OC)cc3)s2)cc1. The molecule has 0 saturated carbocycles. The molecule has 4 nitrogen and oxygen atoms in total. The van der Waals surface area contributed by atoms with E-state index in [0.717, 1.165) is 26.8 Å². The molecule has 0 fully saturated rings. The second-order valence-electron chi connectivity index (χ2n) is 5.06. The summed E-state index contributed by atoms with van der Waals surface area (Å²) in [5, 5.41) is 0.946. The molecule has 0 spiro atoms. The van der Waals surface area contributed by atoms with Gasteiger partial charge in [0.25, 0.3) is 0 Å². The summed E-state index contributed by atoms with van der Waals surface area (Å²) in [6.07, 6.45) is 1.85. The molecule has 0 N–H and O–H groups in total. The van der Waals surface area contributed by atoms with E-state index in [4.69, 9.17) is 9.47 Å². The van der Waals surface area contributed by atoms with E-state index in [1.54, 1.807) is 37.5 Å². The third-order valence-corrected chi connectivity index (χ3v) is 4.62. The Labute approximate surface area is 144 Å². The molecule has 0 aliphatic carbocycles. The van der Waals surface area contributed by atoms with E-state index in [0.29, 0.717) is 12.2 Å². The van der Waals surface area contributed by atoms with Gasteiger partial charge in [-0.2, -0.15) is 0 Å². The lowest BCUT2D eigenvalue weighted by Gasteiger charge is -2.02. The Hall–Kier alpha value is -2.66. The van der Waals surface area contributed by atoms with Gasteiger partial charge in [-0.3, -0.25) is 0 Å². The van der Waals surface area contributed by atoms with Gasteiger partial charge in [-0.05, 0) is 48.9 Å². The highest BCUT2D eigenvalue weighted by molar-refractivity contribution is 7.18. The van der Waals surface area contributed by atoms with Crippen molar-refractivity contribution in [1.82, 2.24) is 4.98 Å². The highest BCUT2D eigenvalue weighted by Crippen LogP contribution is 2.32. The molecule has 0 amide bonds. The number of nitrogens with zero attached hydrogens (tertiary/aromatic N) is 1. The first-order chi connectivity index (χ1) is 11.7. The minimum absolute atomic E-state index is 0.299. The smallest absolute Gasteiger partial charge is 0.338 e. The van der Waals surface area contributed by atoms with Crippen LogP contribution in [0.4, 0.5) is 0 Å². The van der Waals surface area contributed by atoms with Crippen molar-refractivity contribution in [3.63, 3.8) is 0 Å². The first-order valence-electron chi connectivity index (χ1n) is 7.59. The van der Waals surface area contributed by atoms with E-state index in [9.17, 15) is 4.79 Å². The number of thiazole rings is 1. The summed E-state index contributed by atoms with van der Waals surface area (Å²) in [7, 11) is 1.65. The van der Waals surface area contributed by atoms with Crippen molar-refractivity contribution in [1.29, 1.82) is 0 Å². The number of carbonyl (C=O) groups excluding carboxylic acids is 1. The molecule has 5 heteroatoms. The third-order valence-electron chi connectivity index (χ3n) is 3.52. The molecule has 1 aromatic heterocycles. The van der Waals surface area contributed by atoms with Crippen molar-refractivity contribution in [2.45, 2.75) is 6.92 Å². The number of benzene rings is 2. The molecule has 0 aliphatic rings. The molecule has 3 aromatic rings. The first kappa shape index (κ1) is 16.2. The van der Waals surface area contributed by atoms with Crippen molar-refractivity contribution in [2.24, 2.45) is 0 Å². The van der Waals surface area contributed by atoms with Crippen LogP contribution in [-0.2, 0) is 4.74 Å². The van der Waals surface area contributed by atoms with Crippen LogP contribution in [0.3, 0.4) is 0 Å². The average molecular weight is 339 g/mol. The largest absolute Gasteiger partial charge is 0.497 e. The zero-order valence-electron chi connectivity index (χ0n) is 13.5. The second-order valence-corrected chi connectivity index (χ2v) is 6.09. The van der Waals surface area contributed by atoms with Gasteiger partial charge in [-0.15, -0.1) is 11.3 Å². The summed E-state index contributed by atoms with van der Waals surface area (Å²) in [4.78, 5) is 17.2. The molecule has 0 aliphatic heterocycles. The van der Waals surface area contributed by atoms with E-state index >= 15 is 0 Å². The molecule has 1 heterocycles. The highest BCUT2D eigenvalue weighted by Gasteiger charge is 2.09. The minimum Gasteiger partial charge on any atom is -0.497 e. The van der Waals surface area contributed by atoms with Gasteiger partial charge in [0.05, 0.1) is 24.2 Å². The number of rotatable bonds is 5. The van der Waals surface area contributed by atoms with Gasteiger partial charge >= 0.3 is 5.97 Å². The fraction of sp³-hybridized carbons (Fsp3) is 0.158. The zero-order valence-corrected chi connectivity index (χ0v) is 14.3. The van der Waals surface area contributed by atoms with Crippen LogP contribution in [0.2, 0.25) is 0 Å². The molecule has 0 unspecified atom stereocenters. The second kappa shape index (κ2) is 7.27. The van der Waals surface area contributed by atoms with Crippen LogP contribution in [0, 0.1) is 0 Å². The monoisotopic (exact) mass is 339 g/mol. The van der Waals surface area contributed by atoms with Gasteiger partial charge in [0.1, 0.15) is 10.8 Å². The summed E-state index contributed by atoms with van der Waals surface area (Å²) in [5.41, 5.74) is 2.64. The lowest BCUT2D eigenvalue weighted by Crippen LogP contribution is -2.03. The summed E-state index contributed by atoms with van der Waals surface area (Å²) in [6, 6.07) is 15.2. The zero-order chi connectivity index (χ0) is 16.9. The van der Waals surface area contributed by atoms with Gasteiger partial charge in [0, 0.05) is 11.8 Å². The number of esters is 1. The normalized spacial score (nSPS) is 10.4. The Morgan fingerprint density at radius 2 is 1.71 bits per heavy atom. The van der Waals surface area contributed by atoms with E-state index in [1.165, 1.54) is 0 Å². The van der Waals surface area contributed by atoms with Gasteiger partial charge in [-0.1, -0.05) is 12.1 Å². The summed E-state index contributed by atoms with van der Waals surface area (Å²) in [6.45, 7) is 2.17. The fourth-order valence-corrected chi connectivity index (χ4v) is 3.19. The Kier molecular flexibility index (Phi) is 4.91. The maximum atomic E-state index is 11.7. The quantitative estimate of drug-likeness (QED) is 0.634. The van der Waals surface area contributed by atoms with Crippen LogP contribution < -0.4 is 4.74 Å². The number of ether oxygens (including phenoxy) is 2. The number of methoxy groups -OCH3 is 1. The Morgan fingerprint density at radius 3 is 2.33 bits per heavy atom. The summed E-state index contributed by atoms with van der Waals surface area (Å²) in [5.74, 6) is 0.525. The molecule has 3 rings (SSSR count). The lowest BCUT2D eigenvalue weighted by molar-refractivity contribution is 0.0526. The lowest BCUT2D eigenvalue weighted by atomic mass is 10.1. The highest BCUT2D eigenvalue weighted by atomic mass is 32.1. The Morgan fingerprint density at radius 1 is 1.04 bits per heavy atom.